The molecular weight excluding hydrogens is 312 g/mol. The maximum absolute atomic E-state index is 12.5. The number of nitrogens with one attached hydrogen (secondary N) is 2. The molecule has 1 heterocycles. The largest absolute Gasteiger partial charge is 0.322 e. The molecule has 4 heteroatoms. The van der Waals surface area contributed by atoms with E-state index in [1.807, 2.05) is 63.2 Å². The van der Waals surface area contributed by atoms with Gasteiger partial charge >= 0.3 is 0 Å². The van der Waals surface area contributed by atoms with Gasteiger partial charge in [0.1, 0.15) is 5.56 Å². The predicted octanol–water partition coefficient (Wildman–Crippen LogP) is 4.22. The molecular formula is C21H20N2O2. The van der Waals surface area contributed by atoms with Crippen LogP contribution in [-0.2, 0) is 0 Å². The first kappa shape index (κ1) is 16.7. The molecule has 2 aromatic carbocycles. The maximum Gasteiger partial charge on any atom is 0.261 e. The third-order valence-electron chi connectivity index (χ3n) is 4.16. The molecule has 0 saturated carbocycles. The number of benzene rings is 2. The van der Waals surface area contributed by atoms with Gasteiger partial charge in [-0.3, -0.25) is 9.59 Å². The van der Waals surface area contributed by atoms with Crippen molar-refractivity contribution in [1.29, 1.82) is 0 Å². The van der Waals surface area contributed by atoms with Crippen LogP contribution in [0, 0.1) is 20.8 Å². The standard InChI is InChI=1S/C21H20N2O2/c1-13-5-8-16(9-6-13)18-11-10-17(20(24)22-18)21(25)23-19-12-14(2)4-7-15(19)3/h4-12H,1-3H3,(H,22,24)(H,23,25). The molecule has 0 radical (unpaired) electrons. The van der Waals surface area contributed by atoms with Crippen molar-refractivity contribution in [2.75, 3.05) is 5.32 Å². The van der Waals surface area contributed by atoms with Crippen LogP contribution in [0.1, 0.15) is 27.0 Å². The van der Waals surface area contributed by atoms with Gasteiger partial charge in [-0.05, 0) is 55.7 Å². The van der Waals surface area contributed by atoms with E-state index in [1.54, 1.807) is 12.1 Å². The molecule has 0 aliphatic rings. The normalized spacial score (nSPS) is 10.5. The Bertz CT molecular complexity index is 986. The smallest absolute Gasteiger partial charge is 0.261 e. The van der Waals surface area contributed by atoms with E-state index in [0.29, 0.717) is 11.4 Å². The minimum Gasteiger partial charge on any atom is -0.322 e. The highest BCUT2D eigenvalue weighted by Crippen LogP contribution is 2.18. The molecule has 0 aliphatic carbocycles. The number of hydrogen-bond acceptors (Lipinski definition) is 2. The van der Waals surface area contributed by atoms with Crippen LogP contribution in [0.4, 0.5) is 5.69 Å². The fraction of sp³-hybridized carbons (Fsp3) is 0.143. The summed E-state index contributed by atoms with van der Waals surface area (Å²) < 4.78 is 0. The summed E-state index contributed by atoms with van der Waals surface area (Å²) >= 11 is 0. The topological polar surface area (TPSA) is 62.0 Å². The van der Waals surface area contributed by atoms with Crippen LogP contribution in [0.2, 0.25) is 0 Å². The second-order valence-corrected chi connectivity index (χ2v) is 6.25. The zero-order valence-electron chi connectivity index (χ0n) is 14.5. The lowest BCUT2D eigenvalue weighted by molar-refractivity contribution is 0.102. The van der Waals surface area contributed by atoms with Crippen molar-refractivity contribution in [2.45, 2.75) is 20.8 Å². The van der Waals surface area contributed by atoms with Gasteiger partial charge in [0.2, 0.25) is 0 Å². The molecule has 3 rings (SSSR count). The molecule has 0 bridgehead atoms. The maximum atomic E-state index is 12.5. The number of aromatic nitrogens is 1. The van der Waals surface area contributed by atoms with Gasteiger partial charge in [0, 0.05) is 11.4 Å². The van der Waals surface area contributed by atoms with Crippen molar-refractivity contribution in [1.82, 2.24) is 4.98 Å². The van der Waals surface area contributed by atoms with Crippen LogP contribution in [0.15, 0.2) is 59.4 Å². The molecule has 2 N–H and O–H groups in total. The average molecular weight is 332 g/mol. The number of rotatable bonds is 3. The molecule has 0 unspecified atom stereocenters. The fourth-order valence-corrected chi connectivity index (χ4v) is 2.61. The Labute approximate surface area is 146 Å². The van der Waals surface area contributed by atoms with Crippen LogP contribution in [-0.4, -0.2) is 10.9 Å². The van der Waals surface area contributed by atoms with E-state index in [9.17, 15) is 9.59 Å². The van der Waals surface area contributed by atoms with E-state index in [4.69, 9.17) is 0 Å². The highest BCUT2D eigenvalue weighted by Gasteiger charge is 2.13. The molecule has 3 aromatic rings. The van der Waals surface area contributed by atoms with Gasteiger partial charge in [0.05, 0.1) is 0 Å². The summed E-state index contributed by atoms with van der Waals surface area (Å²) in [6, 6.07) is 17.0. The summed E-state index contributed by atoms with van der Waals surface area (Å²) in [5, 5.41) is 2.82. The van der Waals surface area contributed by atoms with Gasteiger partial charge in [0.25, 0.3) is 11.5 Å². The molecule has 0 aliphatic heterocycles. The van der Waals surface area contributed by atoms with Crippen LogP contribution in [0.5, 0.6) is 0 Å². The lowest BCUT2D eigenvalue weighted by Gasteiger charge is -2.09. The van der Waals surface area contributed by atoms with Gasteiger partial charge in [-0.25, -0.2) is 0 Å². The van der Waals surface area contributed by atoms with Crippen LogP contribution < -0.4 is 10.9 Å². The van der Waals surface area contributed by atoms with Gasteiger partial charge in [-0.2, -0.15) is 0 Å². The van der Waals surface area contributed by atoms with E-state index >= 15 is 0 Å². The number of aryl methyl sites for hydroxylation is 3. The second-order valence-electron chi connectivity index (χ2n) is 6.25. The summed E-state index contributed by atoms with van der Waals surface area (Å²) in [7, 11) is 0. The van der Waals surface area contributed by atoms with E-state index in [1.165, 1.54) is 0 Å². The van der Waals surface area contributed by atoms with Gasteiger partial charge < -0.3 is 10.3 Å². The van der Waals surface area contributed by atoms with E-state index < -0.39 is 11.5 Å². The fourth-order valence-electron chi connectivity index (χ4n) is 2.61. The van der Waals surface area contributed by atoms with Crippen molar-refractivity contribution in [2.24, 2.45) is 0 Å². The molecule has 126 valence electrons. The van der Waals surface area contributed by atoms with Crippen molar-refractivity contribution in [3.05, 3.63) is 87.2 Å². The minimum atomic E-state index is -0.412. The monoisotopic (exact) mass is 332 g/mol. The highest BCUT2D eigenvalue weighted by atomic mass is 16.2. The van der Waals surface area contributed by atoms with Crippen molar-refractivity contribution in [3.63, 3.8) is 0 Å². The first-order valence-electron chi connectivity index (χ1n) is 8.13. The molecule has 0 saturated heterocycles. The Morgan fingerprint density at radius 2 is 1.56 bits per heavy atom. The highest BCUT2D eigenvalue weighted by molar-refractivity contribution is 6.04. The lowest BCUT2D eigenvalue weighted by Crippen LogP contribution is -2.23. The van der Waals surface area contributed by atoms with E-state index in [2.05, 4.69) is 10.3 Å². The van der Waals surface area contributed by atoms with Crippen molar-refractivity contribution >= 4 is 11.6 Å². The van der Waals surface area contributed by atoms with E-state index in [0.717, 1.165) is 22.3 Å². The molecule has 0 atom stereocenters. The van der Waals surface area contributed by atoms with Crippen LogP contribution >= 0.6 is 0 Å². The third kappa shape index (κ3) is 3.69. The number of anilines is 1. The molecule has 25 heavy (non-hydrogen) atoms. The Morgan fingerprint density at radius 3 is 2.24 bits per heavy atom. The third-order valence-corrected chi connectivity index (χ3v) is 4.16. The molecule has 1 amide bonds. The summed E-state index contributed by atoms with van der Waals surface area (Å²) in [4.78, 5) is 27.6. The van der Waals surface area contributed by atoms with Crippen molar-refractivity contribution < 1.29 is 4.79 Å². The Balaban J connectivity index is 1.88. The summed E-state index contributed by atoms with van der Waals surface area (Å²) in [5.74, 6) is -0.412. The minimum absolute atomic E-state index is 0.0942. The Morgan fingerprint density at radius 1 is 0.880 bits per heavy atom. The van der Waals surface area contributed by atoms with Gasteiger partial charge in [-0.15, -0.1) is 0 Å². The summed E-state index contributed by atoms with van der Waals surface area (Å²) in [5.41, 5.74) is 5.15. The summed E-state index contributed by atoms with van der Waals surface area (Å²) in [6.45, 7) is 5.88. The SMILES string of the molecule is Cc1ccc(-c2ccc(C(=O)Nc3cc(C)ccc3C)c(=O)[nH]2)cc1. The van der Waals surface area contributed by atoms with Gasteiger partial charge in [-0.1, -0.05) is 42.0 Å². The molecule has 0 fully saturated rings. The number of amides is 1. The first-order chi connectivity index (χ1) is 11.9. The Hall–Kier alpha value is -3.14. The Kier molecular flexibility index (Phi) is 4.52. The number of carbonyl (C=O) groups is 1. The first-order valence-corrected chi connectivity index (χ1v) is 8.13. The number of pyridine rings is 1. The average Bonchev–Trinajstić information content (AvgIpc) is 2.58. The van der Waals surface area contributed by atoms with Gasteiger partial charge in [0.15, 0.2) is 0 Å². The van der Waals surface area contributed by atoms with Crippen LogP contribution in [0.25, 0.3) is 11.3 Å². The number of aromatic amines is 1. The molecule has 0 spiro atoms. The number of H-pyrrole nitrogens is 1. The van der Waals surface area contributed by atoms with Crippen molar-refractivity contribution in [3.8, 4) is 11.3 Å². The second kappa shape index (κ2) is 6.77. The zero-order valence-corrected chi connectivity index (χ0v) is 14.5. The predicted molar refractivity (Wildman–Crippen MR) is 101 cm³/mol. The van der Waals surface area contributed by atoms with Crippen LogP contribution in [0.3, 0.4) is 0 Å². The van der Waals surface area contributed by atoms with E-state index in [-0.39, 0.29) is 5.56 Å². The quantitative estimate of drug-likeness (QED) is 0.754. The molecule has 4 nitrogen and oxygen atoms in total. The number of carbonyl (C=O) groups excluding carboxylic acids is 1. The zero-order chi connectivity index (χ0) is 18.0. The lowest BCUT2D eigenvalue weighted by atomic mass is 10.1. The molecule has 1 aromatic heterocycles. The summed E-state index contributed by atoms with van der Waals surface area (Å²) in [6.07, 6.45) is 0. The number of hydrogen-bond donors (Lipinski definition) is 2.